The van der Waals surface area contributed by atoms with Gasteiger partial charge in [0.25, 0.3) is 0 Å². The zero-order valence-electron chi connectivity index (χ0n) is 12.1. The molecule has 0 fully saturated rings. The van der Waals surface area contributed by atoms with E-state index in [0.29, 0.717) is 0 Å². The van der Waals surface area contributed by atoms with Crippen LogP contribution >= 0.6 is 0 Å². The summed E-state index contributed by atoms with van der Waals surface area (Å²) in [4.78, 5) is 0. The first kappa shape index (κ1) is 14.3. The molecule has 0 aliphatic heterocycles. The van der Waals surface area contributed by atoms with E-state index in [1.54, 1.807) is 0 Å². The highest BCUT2D eigenvalue weighted by atomic mass is 14.9. The second-order valence-corrected chi connectivity index (χ2v) is 5.29. The minimum Gasteiger partial charge on any atom is -0.354 e. The number of nitrogens with zero attached hydrogens (tertiary/aromatic N) is 1. The molecule has 0 amide bonds. The zero-order chi connectivity index (χ0) is 12.7. The molecule has 1 nitrogen and oxygen atoms in total. The summed E-state index contributed by atoms with van der Waals surface area (Å²) < 4.78 is 2.38. The fourth-order valence-electron chi connectivity index (χ4n) is 2.48. The van der Waals surface area contributed by atoms with Crippen molar-refractivity contribution in [3.63, 3.8) is 0 Å². The molecular formula is C16H29N. The molecule has 1 heteroatoms. The van der Waals surface area contributed by atoms with Gasteiger partial charge in [0.2, 0.25) is 0 Å². The minimum absolute atomic E-state index is 0.836. The van der Waals surface area contributed by atoms with E-state index in [1.807, 2.05) is 0 Å². The molecule has 0 unspecified atom stereocenters. The van der Waals surface area contributed by atoms with Gasteiger partial charge in [-0.3, -0.25) is 0 Å². The maximum Gasteiger partial charge on any atom is 0.0247 e. The van der Waals surface area contributed by atoms with Gasteiger partial charge in [-0.1, -0.05) is 53.4 Å². The quantitative estimate of drug-likeness (QED) is 0.604. The van der Waals surface area contributed by atoms with Gasteiger partial charge in [0, 0.05) is 18.9 Å². The van der Waals surface area contributed by atoms with Gasteiger partial charge < -0.3 is 4.57 Å². The summed E-state index contributed by atoms with van der Waals surface area (Å²) >= 11 is 0. The number of hydrogen-bond acceptors (Lipinski definition) is 0. The standard InChI is InChI=1S/C16H29N/c1-5-14(6-2)11-16-9-10-17(13-16)12-15(7-3)8-4/h9-10,13-15H,5-8,11-12H2,1-4H3. The summed E-state index contributed by atoms with van der Waals surface area (Å²) in [6.07, 6.45) is 11.0. The van der Waals surface area contributed by atoms with Crippen molar-refractivity contribution in [3.05, 3.63) is 24.0 Å². The Kier molecular flexibility index (Phi) is 6.39. The molecule has 1 rings (SSSR count). The van der Waals surface area contributed by atoms with Crippen LogP contribution in [0.25, 0.3) is 0 Å². The van der Waals surface area contributed by atoms with Gasteiger partial charge in [-0.15, -0.1) is 0 Å². The predicted molar refractivity (Wildman–Crippen MR) is 76.3 cm³/mol. The summed E-state index contributed by atoms with van der Waals surface area (Å²) in [7, 11) is 0. The van der Waals surface area contributed by atoms with Crippen LogP contribution in [0.2, 0.25) is 0 Å². The molecule has 0 bridgehead atoms. The third kappa shape index (κ3) is 4.57. The molecule has 0 spiro atoms. The Morgan fingerprint density at radius 1 is 0.941 bits per heavy atom. The van der Waals surface area contributed by atoms with Crippen LogP contribution in [-0.4, -0.2) is 4.57 Å². The maximum absolute atomic E-state index is 2.38. The topological polar surface area (TPSA) is 4.93 Å². The molecule has 0 saturated carbocycles. The molecule has 1 aromatic heterocycles. The van der Waals surface area contributed by atoms with Crippen LogP contribution in [0.5, 0.6) is 0 Å². The highest BCUT2D eigenvalue weighted by Gasteiger charge is 2.08. The lowest BCUT2D eigenvalue weighted by Crippen LogP contribution is -2.07. The van der Waals surface area contributed by atoms with Gasteiger partial charge in [0.15, 0.2) is 0 Å². The SMILES string of the molecule is CCC(CC)Cc1ccn(CC(CC)CC)c1. The molecule has 0 aromatic carbocycles. The molecule has 1 aromatic rings. The number of aromatic nitrogens is 1. The van der Waals surface area contributed by atoms with E-state index >= 15 is 0 Å². The minimum atomic E-state index is 0.836. The average Bonchev–Trinajstić information content (AvgIpc) is 2.80. The molecular weight excluding hydrogens is 206 g/mol. The van der Waals surface area contributed by atoms with Crippen LogP contribution in [0.3, 0.4) is 0 Å². The van der Waals surface area contributed by atoms with Crippen molar-refractivity contribution in [2.24, 2.45) is 11.8 Å². The van der Waals surface area contributed by atoms with Crippen LogP contribution in [0.15, 0.2) is 18.5 Å². The van der Waals surface area contributed by atoms with Crippen molar-refractivity contribution in [3.8, 4) is 0 Å². The van der Waals surface area contributed by atoms with E-state index < -0.39 is 0 Å². The summed E-state index contributed by atoms with van der Waals surface area (Å²) in [6.45, 7) is 10.4. The average molecular weight is 235 g/mol. The Bertz CT molecular complexity index is 264. The zero-order valence-corrected chi connectivity index (χ0v) is 12.1. The Morgan fingerprint density at radius 3 is 2.06 bits per heavy atom. The first-order valence-electron chi connectivity index (χ1n) is 7.37. The van der Waals surface area contributed by atoms with Gasteiger partial charge >= 0.3 is 0 Å². The fourth-order valence-corrected chi connectivity index (χ4v) is 2.48. The number of hydrogen-bond donors (Lipinski definition) is 0. The lowest BCUT2D eigenvalue weighted by molar-refractivity contribution is 0.418. The van der Waals surface area contributed by atoms with Gasteiger partial charge in [-0.05, 0) is 29.9 Å². The van der Waals surface area contributed by atoms with Crippen LogP contribution in [0.1, 0.15) is 58.9 Å². The van der Waals surface area contributed by atoms with Crippen molar-refractivity contribution in [2.75, 3.05) is 0 Å². The van der Waals surface area contributed by atoms with Gasteiger partial charge in [-0.2, -0.15) is 0 Å². The lowest BCUT2D eigenvalue weighted by Gasteiger charge is -2.13. The maximum atomic E-state index is 2.38. The second kappa shape index (κ2) is 7.58. The van der Waals surface area contributed by atoms with E-state index in [0.717, 1.165) is 11.8 Å². The molecule has 0 atom stereocenters. The van der Waals surface area contributed by atoms with Crippen LogP contribution in [-0.2, 0) is 13.0 Å². The lowest BCUT2D eigenvalue weighted by atomic mass is 9.96. The molecule has 0 N–H and O–H groups in total. The van der Waals surface area contributed by atoms with E-state index in [2.05, 4.69) is 50.7 Å². The molecule has 98 valence electrons. The first-order chi connectivity index (χ1) is 8.23. The Labute approximate surface area is 107 Å². The molecule has 0 aliphatic carbocycles. The molecule has 17 heavy (non-hydrogen) atoms. The van der Waals surface area contributed by atoms with E-state index in [4.69, 9.17) is 0 Å². The van der Waals surface area contributed by atoms with Gasteiger partial charge in [0.1, 0.15) is 0 Å². The normalized spacial score (nSPS) is 11.6. The molecule has 0 radical (unpaired) electrons. The summed E-state index contributed by atoms with van der Waals surface area (Å²) in [5.41, 5.74) is 1.52. The highest BCUT2D eigenvalue weighted by molar-refractivity contribution is 5.11. The second-order valence-electron chi connectivity index (χ2n) is 5.29. The van der Waals surface area contributed by atoms with Crippen molar-refractivity contribution >= 4 is 0 Å². The molecule has 0 saturated heterocycles. The Hall–Kier alpha value is -0.720. The third-order valence-corrected chi connectivity index (χ3v) is 4.11. The van der Waals surface area contributed by atoms with Crippen molar-refractivity contribution in [1.29, 1.82) is 0 Å². The Morgan fingerprint density at radius 2 is 1.53 bits per heavy atom. The van der Waals surface area contributed by atoms with Crippen molar-refractivity contribution in [2.45, 2.75) is 66.3 Å². The van der Waals surface area contributed by atoms with Crippen LogP contribution in [0, 0.1) is 11.8 Å². The van der Waals surface area contributed by atoms with Crippen molar-refractivity contribution < 1.29 is 0 Å². The third-order valence-electron chi connectivity index (χ3n) is 4.11. The first-order valence-corrected chi connectivity index (χ1v) is 7.37. The fraction of sp³-hybridized carbons (Fsp3) is 0.750. The van der Waals surface area contributed by atoms with E-state index in [1.165, 1.54) is 44.2 Å². The Balaban J connectivity index is 2.52. The smallest absolute Gasteiger partial charge is 0.0247 e. The number of rotatable bonds is 8. The van der Waals surface area contributed by atoms with E-state index in [9.17, 15) is 0 Å². The largest absolute Gasteiger partial charge is 0.354 e. The monoisotopic (exact) mass is 235 g/mol. The summed E-state index contributed by atoms with van der Waals surface area (Å²) in [5.74, 6) is 1.70. The van der Waals surface area contributed by atoms with Crippen LogP contribution in [0.4, 0.5) is 0 Å². The predicted octanol–water partition coefficient (Wildman–Crippen LogP) is 4.90. The van der Waals surface area contributed by atoms with Crippen LogP contribution < -0.4 is 0 Å². The van der Waals surface area contributed by atoms with Gasteiger partial charge in [0.05, 0.1) is 0 Å². The highest BCUT2D eigenvalue weighted by Crippen LogP contribution is 2.17. The van der Waals surface area contributed by atoms with E-state index in [-0.39, 0.29) is 0 Å². The molecule has 0 aliphatic rings. The summed E-state index contributed by atoms with van der Waals surface area (Å²) in [6, 6.07) is 2.31. The van der Waals surface area contributed by atoms with Crippen molar-refractivity contribution in [1.82, 2.24) is 4.57 Å². The van der Waals surface area contributed by atoms with Gasteiger partial charge in [-0.25, -0.2) is 0 Å². The summed E-state index contributed by atoms with van der Waals surface area (Å²) in [5, 5.41) is 0. The molecule has 1 heterocycles.